The topological polar surface area (TPSA) is 152 Å². The van der Waals surface area contributed by atoms with Crippen LogP contribution >= 0.6 is 0 Å². The quantitative estimate of drug-likeness (QED) is 0.174. The van der Waals surface area contributed by atoms with E-state index in [9.17, 15) is 14.4 Å². The number of pyridine rings is 1. The lowest BCUT2D eigenvalue weighted by molar-refractivity contribution is -0.134. The standard InChI is InChI=1S/C45H50F2N10O4/c1-25-13-29-15-38(49-25)34-19-48-54(2)44(34)61-24-28-4-3-27(14-28)21-57-39-18-32(5-7-37(39)51-45(57)53-42(29)59)56-11-9-26(10-12-56)20-55-22-31(23-55)50-30-16-35(46)41(36(47)17-30)33-6-8-40(58)52-43(33)60/h5,7,13,15-19,26-28,31,33,50H,3-4,6,8-12,14,20-24H2,1-2H3,(H,51,53,59)(H,52,58,60)/t27-,28+,33-/m1/s1. The molecule has 3 saturated heterocycles. The molecule has 5 aromatic rings. The summed E-state index contributed by atoms with van der Waals surface area (Å²) in [6.07, 6.45) is 7.14. The summed E-state index contributed by atoms with van der Waals surface area (Å²) in [5.41, 5.74) is 5.68. The molecule has 3 N–H and O–H groups in total. The van der Waals surface area contributed by atoms with E-state index in [4.69, 9.17) is 14.7 Å². The van der Waals surface area contributed by atoms with Crippen molar-refractivity contribution in [2.45, 2.75) is 70.4 Å². The molecule has 10 rings (SSSR count). The van der Waals surface area contributed by atoms with Crippen molar-refractivity contribution in [3.8, 4) is 17.1 Å². The van der Waals surface area contributed by atoms with E-state index in [2.05, 4.69) is 53.6 Å². The maximum atomic E-state index is 15.1. The van der Waals surface area contributed by atoms with Gasteiger partial charge in [0.15, 0.2) is 0 Å². The molecule has 0 unspecified atom stereocenters. The van der Waals surface area contributed by atoms with Gasteiger partial charge in [-0.1, -0.05) is 0 Å². The van der Waals surface area contributed by atoms with Crippen LogP contribution in [0.25, 0.3) is 22.3 Å². The fourth-order valence-corrected chi connectivity index (χ4v) is 10.2. The maximum absolute atomic E-state index is 15.1. The molecule has 7 heterocycles. The fourth-order valence-electron chi connectivity index (χ4n) is 10.2. The van der Waals surface area contributed by atoms with Gasteiger partial charge in [0.2, 0.25) is 23.6 Å². The smallest absolute Gasteiger partial charge is 0.258 e. The summed E-state index contributed by atoms with van der Waals surface area (Å²) in [6, 6.07) is 12.6. The summed E-state index contributed by atoms with van der Waals surface area (Å²) in [5.74, 6) is -1.35. The number of benzene rings is 2. The van der Waals surface area contributed by atoms with Gasteiger partial charge in [-0.05, 0) is 106 Å². The lowest BCUT2D eigenvalue weighted by Gasteiger charge is -2.43. The first-order valence-electron chi connectivity index (χ1n) is 21.5. The molecular formula is C45H50F2N10O4. The van der Waals surface area contributed by atoms with Gasteiger partial charge in [0.25, 0.3) is 5.91 Å². The number of nitrogens with zero attached hydrogens (tertiary/aromatic N) is 7. The Labute approximate surface area is 352 Å². The number of amides is 3. The van der Waals surface area contributed by atoms with E-state index >= 15 is 8.78 Å². The Balaban J connectivity index is 0.789. The van der Waals surface area contributed by atoms with Crippen molar-refractivity contribution in [2.75, 3.05) is 54.9 Å². The lowest BCUT2D eigenvalue weighted by atomic mass is 9.89. The van der Waals surface area contributed by atoms with Gasteiger partial charge in [-0.25, -0.2) is 18.4 Å². The number of halogens is 2. The highest BCUT2D eigenvalue weighted by molar-refractivity contribution is 6.05. The van der Waals surface area contributed by atoms with Crippen molar-refractivity contribution in [2.24, 2.45) is 24.8 Å². The third-order valence-corrected chi connectivity index (χ3v) is 13.4. The Morgan fingerprint density at radius 1 is 0.902 bits per heavy atom. The van der Waals surface area contributed by atoms with Crippen LogP contribution in [-0.2, 0) is 23.2 Å². The van der Waals surface area contributed by atoms with Crippen molar-refractivity contribution < 1.29 is 27.9 Å². The van der Waals surface area contributed by atoms with E-state index in [0.29, 0.717) is 53.1 Å². The molecule has 3 aromatic heterocycles. The number of aryl methyl sites for hydroxylation is 2. The van der Waals surface area contributed by atoms with Gasteiger partial charge < -0.3 is 19.5 Å². The second kappa shape index (κ2) is 15.9. The fraction of sp³-hybridized carbons (Fsp3) is 0.467. The van der Waals surface area contributed by atoms with Crippen LogP contribution in [-0.4, -0.2) is 92.3 Å². The predicted molar refractivity (Wildman–Crippen MR) is 225 cm³/mol. The molecule has 5 aliphatic rings. The maximum Gasteiger partial charge on any atom is 0.258 e. The number of likely N-dealkylation sites (tertiary alicyclic amines) is 1. The average molecular weight is 833 g/mol. The first-order chi connectivity index (χ1) is 29.5. The van der Waals surface area contributed by atoms with Crippen LogP contribution in [0.2, 0.25) is 0 Å². The molecule has 3 atom stereocenters. The number of carbonyl (C=O) groups is 3. The highest BCUT2D eigenvalue weighted by Crippen LogP contribution is 2.38. The van der Waals surface area contributed by atoms with Crippen molar-refractivity contribution in [3.05, 3.63) is 77.1 Å². The van der Waals surface area contributed by atoms with E-state index in [-0.39, 0.29) is 30.4 Å². The van der Waals surface area contributed by atoms with Crippen LogP contribution in [0.15, 0.2) is 48.7 Å². The largest absolute Gasteiger partial charge is 0.477 e. The third kappa shape index (κ3) is 7.81. The Morgan fingerprint density at radius 3 is 2.48 bits per heavy atom. The van der Waals surface area contributed by atoms with Crippen LogP contribution in [0.1, 0.15) is 72.5 Å². The van der Waals surface area contributed by atoms with Gasteiger partial charge >= 0.3 is 0 Å². The SMILES string of the molecule is Cc1cc2cc(n1)-c1cnn(C)c1OC[C@H]1CC[C@H](C1)Cn1c(nc3ccc(N4CCC(CN5CC(Nc6cc(F)c([C@H]7CCC(=O)NC7=O)c(F)c6)C5)CC4)cc31)NC2=O. The van der Waals surface area contributed by atoms with Gasteiger partial charge in [-0.3, -0.25) is 34.9 Å². The number of carbonyl (C=O) groups excluding carboxylic acids is 3. The van der Waals surface area contributed by atoms with Crippen LogP contribution in [0, 0.1) is 36.3 Å². The van der Waals surface area contributed by atoms with Crippen LogP contribution in [0.4, 0.5) is 26.1 Å². The third-order valence-electron chi connectivity index (χ3n) is 13.4. The zero-order chi connectivity index (χ0) is 41.9. The summed E-state index contributed by atoms with van der Waals surface area (Å²) in [5, 5.41) is 13.1. The molecule has 318 valence electrons. The van der Waals surface area contributed by atoms with Crippen molar-refractivity contribution in [1.82, 2.24) is 34.5 Å². The Bertz CT molecular complexity index is 2520. The summed E-state index contributed by atoms with van der Waals surface area (Å²) in [6.45, 7) is 7.59. The Hall–Kier alpha value is -5.90. The molecule has 61 heavy (non-hydrogen) atoms. The molecule has 0 spiro atoms. The number of anilines is 3. The molecule has 2 aromatic carbocycles. The molecule has 4 aliphatic heterocycles. The molecule has 16 heteroatoms. The zero-order valence-corrected chi connectivity index (χ0v) is 34.4. The first-order valence-corrected chi connectivity index (χ1v) is 21.5. The molecule has 3 amide bonds. The van der Waals surface area contributed by atoms with E-state index < -0.39 is 29.4 Å². The van der Waals surface area contributed by atoms with E-state index in [1.165, 1.54) is 12.1 Å². The minimum absolute atomic E-state index is 0.0551. The highest BCUT2D eigenvalue weighted by Gasteiger charge is 2.35. The van der Waals surface area contributed by atoms with Crippen LogP contribution < -0.4 is 25.6 Å². The predicted octanol–water partition coefficient (Wildman–Crippen LogP) is 6.01. The van der Waals surface area contributed by atoms with Crippen LogP contribution in [0.5, 0.6) is 5.88 Å². The van der Waals surface area contributed by atoms with Gasteiger partial charge in [-0.15, -0.1) is 0 Å². The molecule has 0 radical (unpaired) electrons. The molecule has 4 fully saturated rings. The zero-order valence-electron chi connectivity index (χ0n) is 34.4. The number of aromatic nitrogens is 5. The summed E-state index contributed by atoms with van der Waals surface area (Å²) in [4.78, 5) is 52.3. The number of fused-ring (bicyclic) bond motifs is 9. The number of imidazole rings is 1. The van der Waals surface area contributed by atoms with Gasteiger partial charge in [0.1, 0.15) is 11.6 Å². The minimum atomic E-state index is -1.01. The molecule has 14 nitrogen and oxygen atoms in total. The highest BCUT2D eigenvalue weighted by atomic mass is 19.1. The molecule has 1 saturated carbocycles. The number of ether oxygens (including phenoxy) is 1. The van der Waals surface area contributed by atoms with Crippen molar-refractivity contribution in [1.29, 1.82) is 0 Å². The summed E-state index contributed by atoms with van der Waals surface area (Å²) in [7, 11) is 1.87. The van der Waals surface area contributed by atoms with Crippen molar-refractivity contribution in [3.63, 3.8) is 0 Å². The number of hydrogen-bond acceptors (Lipinski definition) is 10. The number of rotatable bonds is 6. The molecule has 4 bridgehead atoms. The second-order valence-electron chi connectivity index (χ2n) is 17.7. The van der Waals surface area contributed by atoms with Gasteiger partial charge in [-0.2, -0.15) is 5.10 Å². The summed E-state index contributed by atoms with van der Waals surface area (Å²) < 4.78 is 40.5. The van der Waals surface area contributed by atoms with E-state index in [1.807, 2.05) is 14.0 Å². The number of nitrogens with one attached hydrogen (secondary N) is 3. The van der Waals surface area contributed by atoms with Crippen molar-refractivity contribution >= 4 is 46.1 Å². The molecule has 1 aliphatic carbocycles. The van der Waals surface area contributed by atoms with Gasteiger partial charge in [0, 0.05) is 80.9 Å². The molecular weight excluding hydrogens is 783 g/mol. The summed E-state index contributed by atoms with van der Waals surface area (Å²) >= 11 is 0. The van der Waals surface area contributed by atoms with Gasteiger partial charge in [0.05, 0.1) is 47.1 Å². The van der Waals surface area contributed by atoms with E-state index in [1.54, 1.807) is 23.0 Å². The lowest BCUT2D eigenvalue weighted by Crippen LogP contribution is -2.56. The normalized spacial score (nSPS) is 22.7. The number of hydrogen-bond donors (Lipinski definition) is 3. The monoisotopic (exact) mass is 832 g/mol. The van der Waals surface area contributed by atoms with E-state index in [0.717, 1.165) is 99.4 Å². The second-order valence-corrected chi connectivity index (χ2v) is 17.7. The Kier molecular flexibility index (Phi) is 10.2. The first kappa shape index (κ1) is 39.2. The minimum Gasteiger partial charge on any atom is -0.477 e. The number of piperidine rings is 2. The average Bonchev–Trinajstić information content (AvgIpc) is 3.92. The Morgan fingerprint density at radius 2 is 1.69 bits per heavy atom. The van der Waals surface area contributed by atoms with Crippen LogP contribution in [0.3, 0.4) is 0 Å². The number of imide groups is 1.